The Hall–Kier alpha value is -2.30. The molecule has 9 heteroatoms. The Morgan fingerprint density at radius 2 is 1.97 bits per heavy atom. The number of aliphatic hydroxyl groups is 3. The molecular weight excluding hydrogens is 475 g/mol. The van der Waals surface area contributed by atoms with Gasteiger partial charge in [-0.05, 0) is 75.0 Å². The van der Waals surface area contributed by atoms with E-state index in [2.05, 4.69) is 35.3 Å². The lowest BCUT2D eigenvalue weighted by Crippen LogP contribution is -2.78. The number of aromatic amines is 1. The Kier molecular flexibility index (Phi) is 4.64. The SMILES string of the molecule is CN(C)C1CC23CCC4(O2)C(=CCC2(C)C(c5ccc6c(N)n[nH]c6c5)=CCC24)C(O)C3(F)C(O)C1O. The van der Waals surface area contributed by atoms with Gasteiger partial charge in [0.25, 0.3) is 0 Å². The average Bonchev–Trinajstić information content (AvgIpc) is 3.53. The van der Waals surface area contributed by atoms with Crippen LogP contribution in [0.3, 0.4) is 0 Å². The summed E-state index contributed by atoms with van der Waals surface area (Å²) in [5.74, 6) is 0.486. The van der Waals surface area contributed by atoms with E-state index in [0.29, 0.717) is 30.7 Å². The standard InChI is InChI=1S/C28H35FN4O4/c1-25-9-8-17-22(35)28(29)23(36)21(34)19(33(2)3)13-26(28)10-11-27(17,37-26)20(25)7-6-16(25)14-4-5-15-18(12-14)31-32-24(15)30/h4-6,8,12,19-23,34-36H,7,9-11,13H2,1-3H3,(H3,30,31,32). The fourth-order valence-electron chi connectivity index (χ4n) is 8.74. The number of fused-ring (bicyclic) bond motifs is 2. The van der Waals surface area contributed by atoms with Gasteiger partial charge in [0.15, 0.2) is 11.5 Å². The number of allylic oxidation sites excluding steroid dienone is 3. The van der Waals surface area contributed by atoms with Gasteiger partial charge in [0.05, 0.1) is 17.2 Å². The Morgan fingerprint density at radius 1 is 1.19 bits per heavy atom. The van der Waals surface area contributed by atoms with Crippen molar-refractivity contribution in [3.8, 4) is 0 Å². The molecule has 3 heterocycles. The fourth-order valence-corrected chi connectivity index (χ4v) is 8.74. The van der Waals surface area contributed by atoms with Gasteiger partial charge in [-0.15, -0.1) is 0 Å². The van der Waals surface area contributed by atoms with Crippen LogP contribution in [0.1, 0.15) is 44.6 Å². The largest absolute Gasteiger partial charge is 0.389 e. The van der Waals surface area contributed by atoms with Crippen molar-refractivity contribution in [2.24, 2.45) is 11.3 Å². The number of nitrogens with two attached hydrogens (primary N) is 1. The predicted octanol–water partition coefficient (Wildman–Crippen LogP) is 2.31. The van der Waals surface area contributed by atoms with E-state index in [1.54, 1.807) is 0 Å². The van der Waals surface area contributed by atoms with Gasteiger partial charge in [-0.1, -0.05) is 25.1 Å². The molecule has 198 valence electrons. The molecule has 5 aliphatic rings. The van der Waals surface area contributed by atoms with E-state index in [-0.39, 0.29) is 17.8 Å². The lowest BCUT2D eigenvalue weighted by atomic mass is 9.55. The van der Waals surface area contributed by atoms with Crippen LogP contribution in [-0.4, -0.2) is 85.7 Å². The zero-order chi connectivity index (χ0) is 26.1. The number of halogens is 1. The molecule has 7 rings (SSSR count). The van der Waals surface area contributed by atoms with Crippen LogP contribution in [0.15, 0.2) is 35.9 Å². The maximum absolute atomic E-state index is 17.0. The van der Waals surface area contributed by atoms with Crippen LogP contribution in [0.5, 0.6) is 0 Å². The number of benzene rings is 1. The molecule has 8 nitrogen and oxygen atoms in total. The number of hydrogen-bond acceptors (Lipinski definition) is 7. The summed E-state index contributed by atoms with van der Waals surface area (Å²) < 4.78 is 23.9. The highest BCUT2D eigenvalue weighted by molar-refractivity contribution is 5.91. The smallest absolute Gasteiger partial charge is 0.197 e. The summed E-state index contributed by atoms with van der Waals surface area (Å²) in [4.78, 5) is 1.81. The van der Waals surface area contributed by atoms with E-state index in [4.69, 9.17) is 10.5 Å². The first-order chi connectivity index (χ1) is 17.5. The van der Waals surface area contributed by atoms with Crippen molar-refractivity contribution in [2.45, 2.75) is 80.3 Å². The van der Waals surface area contributed by atoms with Crippen molar-refractivity contribution in [3.05, 3.63) is 41.5 Å². The number of likely N-dealkylation sites (N-methyl/N-ethyl adjacent to an activating group) is 1. The second-order valence-electron chi connectivity index (χ2n) is 12.4. The Balaban J connectivity index is 1.32. The van der Waals surface area contributed by atoms with Crippen molar-refractivity contribution < 1.29 is 24.4 Å². The number of hydrogen-bond donors (Lipinski definition) is 5. The van der Waals surface area contributed by atoms with Crippen molar-refractivity contribution in [1.82, 2.24) is 15.1 Å². The number of H-pyrrole nitrogens is 1. The average molecular weight is 511 g/mol. The summed E-state index contributed by atoms with van der Waals surface area (Å²) in [7, 11) is 3.62. The summed E-state index contributed by atoms with van der Waals surface area (Å²) >= 11 is 0. The topological polar surface area (TPSA) is 128 Å². The molecular formula is C28H35FN4O4. The van der Waals surface area contributed by atoms with E-state index < -0.39 is 41.2 Å². The third kappa shape index (κ3) is 2.62. The van der Waals surface area contributed by atoms with E-state index in [0.717, 1.165) is 22.9 Å². The quantitative estimate of drug-likeness (QED) is 0.392. The second kappa shape index (κ2) is 7.21. The van der Waals surface area contributed by atoms with Crippen LogP contribution < -0.4 is 5.73 Å². The third-order valence-electron chi connectivity index (χ3n) is 10.7. The van der Waals surface area contributed by atoms with Crippen LogP contribution in [0.25, 0.3) is 16.5 Å². The van der Waals surface area contributed by atoms with Crippen LogP contribution in [0.4, 0.5) is 10.2 Å². The van der Waals surface area contributed by atoms with Gasteiger partial charge < -0.3 is 30.7 Å². The molecule has 3 fully saturated rings. The first kappa shape index (κ1) is 23.8. The first-order valence-corrected chi connectivity index (χ1v) is 13.2. The van der Waals surface area contributed by atoms with Crippen LogP contribution >= 0.6 is 0 Å². The van der Waals surface area contributed by atoms with Crippen molar-refractivity contribution in [1.29, 1.82) is 0 Å². The van der Waals surface area contributed by atoms with E-state index in [9.17, 15) is 15.3 Å². The number of aliphatic hydroxyl groups excluding tert-OH is 3. The highest BCUT2D eigenvalue weighted by atomic mass is 19.1. The van der Waals surface area contributed by atoms with E-state index in [1.165, 1.54) is 5.57 Å². The van der Waals surface area contributed by atoms with E-state index in [1.807, 2.05) is 31.1 Å². The molecule has 0 amide bonds. The minimum atomic E-state index is -2.47. The maximum Gasteiger partial charge on any atom is 0.197 e. The molecule has 6 N–H and O–H groups in total. The molecule has 9 unspecified atom stereocenters. The minimum absolute atomic E-state index is 0.0120. The van der Waals surface area contributed by atoms with Crippen LogP contribution in [0, 0.1) is 11.3 Å². The lowest BCUT2D eigenvalue weighted by Gasteiger charge is -2.62. The number of rotatable bonds is 2. The summed E-state index contributed by atoms with van der Waals surface area (Å²) in [6, 6.07) is 5.66. The molecule has 2 spiro atoms. The third-order valence-corrected chi connectivity index (χ3v) is 10.7. The second-order valence-corrected chi connectivity index (χ2v) is 12.4. The van der Waals surface area contributed by atoms with Gasteiger partial charge >= 0.3 is 0 Å². The highest BCUT2D eigenvalue weighted by Gasteiger charge is 2.79. The number of nitrogens with one attached hydrogen (secondary N) is 1. The molecule has 9 atom stereocenters. The number of aromatic nitrogens is 2. The van der Waals surface area contributed by atoms with Crippen LogP contribution in [-0.2, 0) is 4.74 Å². The highest BCUT2D eigenvalue weighted by Crippen LogP contribution is 2.70. The number of nitrogen functional groups attached to an aromatic ring is 1. The monoisotopic (exact) mass is 510 g/mol. The van der Waals surface area contributed by atoms with Crippen LogP contribution in [0.2, 0.25) is 0 Å². The number of anilines is 1. The molecule has 1 saturated carbocycles. The molecule has 2 aliphatic heterocycles. The minimum Gasteiger partial charge on any atom is -0.389 e. The summed E-state index contributed by atoms with van der Waals surface area (Å²) in [5.41, 5.74) is 4.74. The Labute approximate surface area is 215 Å². The fraction of sp³-hybridized carbons (Fsp3) is 0.607. The van der Waals surface area contributed by atoms with Gasteiger partial charge in [0.2, 0.25) is 0 Å². The molecule has 0 radical (unpaired) electrons. The number of nitrogens with zero attached hydrogens (tertiary/aromatic N) is 2. The van der Waals surface area contributed by atoms with E-state index >= 15 is 4.39 Å². The zero-order valence-corrected chi connectivity index (χ0v) is 21.4. The molecule has 1 aromatic heterocycles. The predicted molar refractivity (Wildman–Crippen MR) is 137 cm³/mol. The van der Waals surface area contributed by atoms with Gasteiger partial charge in [-0.3, -0.25) is 5.10 Å². The normalized spacial score (nSPS) is 46.4. The molecule has 2 aromatic rings. The summed E-state index contributed by atoms with van der Waals surface area (Å²) in [6.45, 7) is 2.24. The molecule has 2 bridgehead atoms. The summed E-state index contributed by atoms with van der Waals surface area (Å²) in [6.07, 6.45) is 2.13. The van der Waals surface area contributed by atoms with Gasteiger partial charge in [-0.25, -0.2) is 4.39 Å². The lowest BCUT2D eigenvalue weighted by molar-refractivity contribution is -0.308. The molecule has 3 aliphatic carbocycles. The van der Waals surface area contributed by atoms with Gasteiger partial charge in [0.1, 0.15) is 17.8 Å². The molecule has 37 heavy (non-hydrogen) atoms. The first-order valence-electron chi connectivity index (χ1n) is 13.2. The maximum atomic E-state index is 17.0. The van der Waals surface area contributed by atoms with Gasteiger partial charge in [-0.2, -0.15) is 5.10 Å². The Bertz CT molecular complexity index is 1370. The summed E-state index contributed by atoms with van der Waals surface area (Å²) in [5, 5.41) is 41.6. The zero-order valence-electron chi connectivity index (χ0n) is 21.4. The van der Waals surface area contributed by atoms with Crippen molar-refractivity contribution in [2.75, 3.05) is 19.8 Å². The number of ether oxygens (including phenoxy) is 1. The van der Waals surface area contributed by atoms with Crippen molar-refractivity contribution in [3.63, 3.8) is 0 Å². The van der Waals surface area contributed by atoms with Gasteiger partial charge in [0, 0.05) is 22.8 Å². The van der Waals surface area contributed by atoms with Crippen molar-refractivity contribution >= 4 is 22.3 Å². The molecule has 2 saturated heterocycles. The molecule has 1 aromatic carbocycles. The number of alkyl halides is 1. The Morgan fingerprint density at radius 3 is 2.73 bits per heavy atom.